The van der Waals surface area contributed by atoms with E-state index in [1.54, 1.807) is 19.0 Å². The van der Waals surface area contributed by atoms with E-state index in [4.69, 9.17) is 5.73 Å². The summed E-state index contributed by atoms with van der Waals surface area (Å²) < 4.78 is 1.49. The highest BCUT2D eigenvalue weighted by Gasteiger charge is 2.19. The number of nitrogen functional groups attached to an aromatic ring is 1. The van der Waals surface area contributed by atoms with Crippen LogP contribution in [0.4, 0.5) is 11.5 Å². The van der Waals surface area contributed by atoms with Crippen molar-refractivity contribution in [2.45, 2.75) is 19.8 Å². The van der Waals surface area contributed by atoms with E-state index in [0.717, 1.165) is 5.69 Å². The molecule has 0 fully saturated rings. The summed E-state index contributed by atoms with van der Waals surface area (Å²) >= 11 is 0. The van der Waals surface area contributed by atoms with E-state index in [-0.39, 0.29) is 5.91 Å². The Morgan fingerprint density at radius 1 is 1.30 bits per heavy atom. The lowest BCUT2D eigenvalue weighted by atomic mass is 10.0. The molecule has 0 aliphatic heterocycles. The van der Waals surface area contributed by atoms with Crippen LogP contribution in [0.5, 0.6) is 0 Å². The molecule has 0 spiro atoms. The molecule has 0 aliphatic carbocycles. The van der Waals surface area contributed by atoms with Crippen LogP contribution in [0.2, 0.25) is 0 Å². The van der Waals surface area contributed by atoms with Crippen molar-refractivity contribution in [3.63, 3.8) is 0 Å². The van der Waals surface area contributed by atoms with Crippen LogP contribution in [-0.4, -0.2) is 22.7 Å². The predicted octanol–water partition coefficient (Wildman–Crippen LogP) is 2.40. The SMILES string of the molecule is CC(C)c1ccc(N(C)C(=O)c2cnn(C)c2N)cc1. The number of benzene rings is 1. The number of nitrogens with two attached hydrogens (primary N) is 1. The van der Waals surface area contributed by atoms with Gasteiger partial charge in [-0.3, -0.25) is 9.48 Å². The normalized spacial score (nSPS) is 10.8. The second kappa shape index (κ2) is 5.36. The van der Waals surface area contributed by atoms with Crippen molar-refractivity contribution >= 4 is 17.4 Å². The molecule has 1 aromatic heterocycles. The molecule has 106 valence electrons. The Morgan fingerprint density at radius 3 is 2.35 bits per heavy atom. The number of carbonyl (C=O) groups excluding carboxylic acids is 1. The van der Waals surface area contributed by atoms with E-state index >= 15 is 0 Å². The van der Waals surface area contributed by atoms with Gasteiger partial charge in [0.05, 0.1) is 6.20 Å². The third kappa shape index (κ3) is 2.52. The number of nitrogens with zero attached hydrogens (tertiary/aromatic N) is 3. The predicted molar refractivity (Wildman–Crippen MR) is 80.9 cm³/mol. The third-order valence-corrected chi connectivity index (χ3v) is 3.47. The summed E-state index contributed by atoms with van der Waals surface area (Å²) in [4.78, 5) is 14.0. The first-order valence-electron chi connectivity index (χ1n) is 6.57. The lowest BCUT2D eigenvalue weighted by Gasteiger charge is -2.18. The van der Waals surface area contributed by atoms with Gasteiger partial charge in [0.1, 0.15) is 11.4 Å². The summed E-state index contributed by atoms with van der Waals surface area (Å²) in [6, 6.07) is 7.96. The fraction of sp³-hybridized carbons (Fsp3) is 0.333. The molecule has 0 bridgehead atoms. The molecular formula is C15H20N4O. The molecule has 2 aromatic rings. The van der Waals surface area contributed by atoms with Crippen LogP contribution in [-0.2, 0) is 7.05 Å². The van der Waals surface area contributed by atoms with Gasteiger partial charge < -0.3 is 10.6 Å². The zero-order chi connectivity index (χ0) is 14.9. The van der Waals surface area contributed by atoms with Gasteiger partial charge in [0.2, 0.25) is 0 Å². The molecule has 0 saturated carbocycles. The van der Waals surface area contributed by atoms with E-state index in [0.29, 0.717) is 17.3 Å². The minimum absolute atomic E-state index is 0.159. The fourth-order valence-corrected chi connectivity index (χ4v) is 1.99. The fourth-order valence-electron chi connectivity index (χ4n) is 1.99. The number of hydrogen-bond acceptors (Lipinski definition) is 3. The molecule has 0 saturated heterocycles. The van der Waals surface area contributed by atoms with Crippen molar-refractivity contribution < 1.29 is 4.79 Å². The maximum atomic E-state index is 12.4. The van der Waals surface area contributed by atoms with Crippen LogP contribution in [0.3, 0.4) is 0 Å². The highest BCUT2D eigenvalue weighted by molar-refractivity contribution is 6.08. The van der Waals surface area contributed by atoms with Crippen molar-refractivity contribution in [2.75, 3.05) is 17.7 Å². The minimum Gasteiger partial charge on any atom is -0.383 e. The Hall–Kier alpha value is -2.30. The van der Waals surface area contributed by atoms with E-state index in [9.17, 15) is 4.79 Å². The molecule has 1 heterocycles. The molecule has 1 amide bonds. The first kappa shape index (κ1) is 14.1. The van der Waals surface area contributed by atoms with Gasteiger partial charge in [0.15, 0.2) is 0 Å². The monoisotopic (exact) mass is 272 g/mol. The Bertz CT molecular complexity index is 613. The van der Waals surface area contributed by atoms with Crippen LogP contribution in [0.15, 0.2) is 30.5 Å². The second-order valence-electron chi connectivity index (χ2n) is 5.18. The average molecular weight is 272 g/mol. The minimum atomic E-state index is -0.159. The van der Waals surface area contributed by atoms with Crippen LogP contribution in [0.25, 0.3) is 0 Å². The largest absolute Gasteiger partial charge is 0.383 e. The first-order chi connectivity index (χ1) is 9.41. The number of carbonyl (C=O) groups is 1. The molecule has 0 unspecified atom stereocenters. The van der Waals surface area contributed by atoms with Gasteiger partial charge in [-0.2, -0.15) is 5.10 Å². The van der Waals surface area contributed by atoms with Crippen molar-refractivity contribution in [2.24, 2.45) is 7.05 Å². The molecule has 0 atom stereocenters. The molecule has 20 heavy (non-hydrogen) atoms. The lowest BCUT2D eigenvalue weighted by Crippen LogP contribution is -2.26. The molecule has 2 N–H and O–H groups in total. The van der Waals surface area contributed by atoms with E-state index in [2.05, 4.69) is 18.9 Å². The highest BCUT2D eigenvalue weighted by Crippen LogP contribution is 2.21. The maximum absolute atomic E-state index is 12.4. The number of hydrogen-bond donors (Lipinski definition) is 1. The van der Waals surface area contributed by atoms with Crippen molar-refractivity contribution in [1.82, 2.24) is 9.78 Å². The Kier molecular flexibility index (Phi) is 3.79. The van der Waals surface area contributed by atoms with Gasteiger partial charge in [-0.25, -0.2) is 0 Å². The van der Waals surface area contributed by atoms with Crippen LogP contribution >= 0.6 is 0 Å². The number of anilines is 2. The topological polar surface area (TPSA) is 64.2 Å². The summed E-state index contributed by atoms with van der Waals surface area (Å²) in [5, 5.41) is 3.99. The summed E-state index contributed by atoms with van der Waals surface area (Å²) in [5.41, 5.74) is 8.34. The maximum Gasteiger partial charge on any atom is 0.263 e. The van der Waals surface area contributed by atoms with Crippen molar-refractivity contribution in [3.05, 3.63) is 41.6 Å². The molecule has 5 nitrogen and oxygen atoms in total. The average Bonchev–Trinajstić information content (AvgIpc) is 2.77. The zero-order valence-corrected chi connectivity index (χ0v) is 12.3. The third-order valence-electron chi connectivity index (χ3n) is 3.47. The molecule has 1 aromatic carbocycles. The quantitative estimate of drug-likeness (QED) is 0.933. The molecular weight excluding hydrogens is 252 g/mol. The lowest BCUT2D eigenvalue weighted by molar-refractivity contribution is 0.0994. The smallest absolute Gasteiger partial charge is 0.263 e. The Labute approximate surface area is 119 Å². The van der Waals surface area contributed by atoms with Gasteiger partial charge in [-0.1, -0.05) is 26.0 Å². The van der Waals surface area contributed by atoms with E-state index < -0.39 is 0 Å². The first-order valence-corrected chi connectivity index (χ1v) is 6.57. The summed E-state index contributed by atoms with van der Waals surface area (Å²) in [7, 11) is 3.45. The molecule has 0 radical (unpaired) electrons. The summed E-state index contributed by atoms with van der Waals surface area (Å²) in [6.45, 7) is 4.28. The van der Waals surface area contributed by atoms with Crippen LogP contribution in [0.1, 0.15) is 35.7 Å². The van der Waals surface area contributed by atoms with Crippen LogP contribution in [0, 0.1) is 0 Å². The van der Waals surface area contributed by atoms with Crippen LogP contribution < -0.4 is 10.6 Å². The van der Waals surface area contributed by atoms with Crippen molar-refractivity contribution in [3.8, 4) is 0 Å². The molecule has 2 rings (SSSR count). The van der Waals surface area contributed by atoms with Crippen molar-refractivity contribution in [1.29, 1.82) is 0 Å². The standard InChI is InChI=1S/C15H20N4O/c1-10(2)11-5-7-12(8-6-11)18(3)15(20)13-9-17-19(4)14(13)16/h5-10H,16H2,1-4H3. The zero-order valence-electron chi connectivity index (χ0n) is 12.3. The van der Waals surface area contributed by atoms with Gasteiger partial charge in [0, 0.05) is 19.8 Å². The van der Waals surface area contributed by atoms with Gasteiger partial charge >= 0.3 is 0 Å². The van der Waals surface area contributed by atoms with E-state index in [1.165, 1.54) is 16.4 Å². The highest BCUT2D eigenvalue weighted by atomic mass is 16.2. The summed E-state index contributed by atoms with van der Waals surface area (Å²) in [6.07, 6.45) is 1.50. The van der Waals surface area contributed by atoms with Gasteiger partial charge in [-0.05, 0) is 23.6 Å². The van der Waals surface area contributed by atoms with E-state index in [1.807, 2.05) is 24.3 Å². The number of aryl methyl sites for hydroxylation is 1. The summed E-state index contributed by atoms with van der Waals surface area (Å²) in [5.74, 6) is 0.688. The second-order valence-corrected chi connectivity index (χ2v) is 5.18. The van der Waals surface area contributed by atoms with Gasteiger partial charge in [-0.15, -0.1) is 0 Å². The Morgan fingerprint density at radius 2 is 1.90 bits per heavy atom. The number of rotatable bonds is 3. The number of aromatic nitrogens is 2. The number of amides is 1. The molecule has 0 aliphatic rings. The molecule has 5 heteroatoms. The van der Waals surface area contributed by atoms with Gasteiger partial charge in [0.25, 0.3) is 5.91 Å². The Balaban J connectivity index is 2.24.